The highest BCUT2D eigenvalue weighted by Gasteiger charge is 2.64. The normalized spacial score (nSPS) is 29.6. The molecule has 3 rings (SSSR count). The van der Waals surface area contributed by atoms with E-state index in [2.05, 4.69) is 95.8 Å². The van der Waals surface area contributed by atoms with Gasteiger partial charge in [-0.15, -0.1) is 0 Å². The highest BCUT2D eigenvalue weighted by atomic mass is 79.9. The third-order valence-electron chi connectivity index (χ3n) is 7.29. The number of nitrogen functional groups attached to an aromatic ring is 1. The number of ether oxygens (including phenoxy) is 1. The molecular weight excluding hydrogens is 522 g/mol. The fraction of sp³-hybridized carbons (Fsp3) is 0.778. The Balaban J connectivity index is 2.15. The summed E-state index contributed by atoms with van der Waals surface area (Å²) in [5.74, 6) is 0.365. The number of fused-ring (bicyclic) bond motifs is 2. The van der Waals surface area contributed by atoms with Crippen molar-refractivity contribution in [3.63, 3.8) is 0 Å². The van der Waals surface area contributed by atoms with Crippen LogP contribution in [0.3, 0.4) is 0 Å². The second-order valence-corrected chi connectivity index (χ2v) is 18.1. The molecule has 3 unspecified atom stereocenters. The topological polar surface area (TPSA) is 53.7 Å². The molecule has 2 heterocycles. The molecule has 0 aliphatic carbocycles. The molecule has 0 saturated carbocycles. The zero-order valence-corrected chi connectivity index (χ0v) is 26.6. The van der Waals surface area contributed by atoms with Crippen LogP contribution in [0.25, 0.3) is 0 Å². The van der Waals surface area contributed by atoms with Crippen molar-refractivity contribution in [2.75, 3.05) is 5.73 Å². The number of anilines is 1. The van der Waals surface area contributed by atoms with Crippen LogP contribution in [-0.2, 0) is 13.6 Å². The fourth-order valence-electron chi connectivity index (χ4n) is 6.36. The Labute approximate surface area is 220 Å². The second-order valence-electron chi connectivity index (χ2n) is 13.2. The molecule has 4 nitrogen and oxygen atoms in total. The van der Waals surface area contributed by atoms with Gasteiger partial charge in [-0.1, -0.05) is 47.6 Å². The largest absolute Gasteiger partial charge is 0.411 e. The van der Waals surface area contributed by atoms with Crippen LogP contribution in [0.4, 0.5) is 5.69 Å². The van der Waals surface area contributed by atoms with Crippen molar-refractivity contribution in [1.82, 2.24) is 0 Å². The molecule has 0 aromatic heterocycles. The molecule has 0 amide bonds. The third kappa shape index (κ3) is 5.86. The van der Waals surface area contributed by atoms with E-state index in [-0.39, 0.29) is 34.2 Å². The summed E-state index contributed by atoms with van der Waals surface area (Å²) >= 11 is 3.67. The Morgan fingerprint density at radius 1 is 0.912 bits per heavy atom. The van der Waals surface area contributed by atoms with Gasteiger partial charge >= 0.3 is 0 Å². The van der Waals surface area contributed by atoms with Crippen molar-refractivity contribution >= 4 is 39.7 Å². The molecule has 2 saturated heterocycles. The predicted octanol–water partition coefficient (Wildman–Crippen LogP) is 7.56. The van der Waals surface area contributed by atoms with E-state index >= 15 is 0 Å². The standard InChI is InChI=1S/C27H46BrNO3Si2/c1-24(2,3)22(30-33(7)8)26-13-14-27(32-26,23(25(4,5)6)31-34(9)10)17-19(16-26)18-11-12-21(29)20(28)15-18/h11-12,15,19,22-23H,13-14,16-17,29H2,1-10H3/t19?,22?,23?,26-,27+. The summed E-state index contributed by atoms with van der Waals surface area (Å²) in [4.78, 5) is 0. The molecule has 2 radical (unpaired) electrons. The van der Waals surface area contributed by atoms with Gasteiger partial charge in [-0.05, 0) is 102 Å². The number of hydrogen-bond donors (Lipinski definition) is 1. The Morgan fingerprint density at radius 3 is 1.71 bits per heavy atom. The van der Waals surface area contributed by atoms with E-state index in [0.29, 0.717) is 5.92 Å². The van der Waals surface area contributed by atoms with E-state index in [1.165, 1.54) is 5.56 Å². The first-order chi connectivity index (χ1) is 15.5. The van der Waals surface area contributed by atoms with Gasteiger partial charge in [0.25, 0.3) is 0 Å². The van der Waals surface area contributed by atoms with Gasteiger partial charge in [0, 0.05) is 10.2 Å². The average Bonchev–Trinajstić information content (AvgIpc) is 2.96. The molecule has 2 fully saturated rings. The summed E-state index contributed by atoms with van der Waals surface area (Å²) in [7, 11) is -1.81. The lowest BCUT2D eigenvalue weighted by Gasteiger charge is -2.55. The second kappa shape index (κ2) is 9.94. The van der Waals surface area contributed by atoms with Crippen LogP contribution in [0.1, 0.15) is 78.7 Å². The van der Waals surface area contributed by atoms with Crippen LogP contribution in [-0.4, -0.2) is 41.5 Å². The van der Waals surface area contributed by atoms with Crippen LogP contribution in [0.5, 0.6) is 0 Å². The minimum atomic E-state index is -0.903. The summed E-state index contributed by atoms with van der Waals surface area (Å²) in [6.07, 6.45) is 4.05. The maximum absolute atomic E-state index is 7.40. The third-order valence-corrected chi connectivity index (χ3v) is 9.39. The van der Waals surface area contributed by atoms with Crippen molar-refractivity contribution < 1.29 is 13.6 Å². The Morgan fingerprint density at radius 2 is 1.35 bits per heavy atom. The fourth-order valence-corrected chi connectivity index (χ4v) is 8.83. The maximum Gasteiger partial charge on any atom is 0.205 e. The molecule has 7 heteroatoms. The van der Waals surface area contributed by atoms with E-state index in [1.807, 2.05) is 6.07 Å². The van der Waals surface area contributed by atoms with E-state index in [0.717, 1.165) is 35.8 Å². The number of rotatable bonds is 7. The lowest BCUT2D eigenvalue weighted by Crippen LogP contribution is -2.61. The lowest BCUT2D eigenvalue weighted by atomic mass is 9.69. The molecule has 2 bridgehead atoms. The minimum absolute atomic E-state index is 0.0237. The van der Waals surface area contributed by atoms with E-state index in [4.69, 9.17) is 19.3 Å². The zero-order valence-electron chi connectivity index (χ0n) is 23.0. The van der Waals surface area contributed by atoms with Crippen LogP contribution in [0, 0.1) is 10.8 Å². The Kier molecular flexibility index (Phi) is 8.30. The average molecular weight is 569 g/mol. The molecule has 5 atom stereocenters. The number of hydrogen-bond acceptors (Lipinski definition) is 4. The van der Waals surface area contributed by atoms with Gasteiger partial charge in [-0.3, -0.25) is 0 Å². The quantitative estimate of drug-likeness (QED) is 0.272. The van der Waals surface area contributed by atoms with Crippen molar-refractivity contribution in [2.24, 2.45) is 10.8 Å². The van der Waals surface area contributed by atoms with Gasteiger partial charge < -0.3 is 19.3 Å². The van der Waals surface area contributed by atoms with Crippen molar-refractivity contribution in [2.45, 2.75) is 123 Å². The SMILES string of the molecule is C[Si](C)OC(C(C)(C)C)[C@@]12CC[C@@](C(O[Si](C)C)C(C)(C)C)(CC(c3ccc(N)c(Br)c3)C1)O2. The van der Waals surface area contributed by atoms with E-state index < -0.39 is 18.1 Å². The molecule has 34 heavy (non-hydrogen) atoms. The molecule has 2 aliphatic heterocycles. The first-order valence-corrected chi connectivity index (χ1v) is 18.3. The number of benzene rings is 1. The summed E-state index contributed by atoms with van der Waals surface area (Å²) < 4.78 is 22.0. The van der Waals surface area contributed by atoms with Crippen LogP contribution >= 0.6 is 15.9 Å². The zero-order chi connectivity index (χ0) is 25.7. The Hall–Kier alpha value is -0.186. The van der Waals surface area contributed by atoms with E-state index in [9.17, 15) is 0 Å². The van der Waals surface area contributed by atoms with Gasteiger partial charge in [0.15, 0.2) is 0 Å². The molecule has 192 valence electrons. The van der Waals surface area contributed by atoms with Gasteiger partial charge in [-0.2, -0.15) is 0 Å². The molecule has 1 aromatic carbocycles. The molecular formula is C27H46BrNO3Si2. The van der Waals surface area contributed by atoms with Gasteiger partial charge in [-0.25, -0.2) is 0 Å². The molecule has 2 aliphatic rings. The summed E-state index contributed by atoms with van der Waals surface area (Å²) in [5, 5.41) is 0. The van der Waals surface area contributed by atoms with Gasteiger partial charge in [0.2, 0.25) is 18.1 Å². The van der Waals surface area contributed by atoms with Crippen molar-refractivity contribution in [3.8, 4) is 0 Å². The van der Waals surface area contributed by atoms with Crippen molar-refractivity contribution in [1.29, 1.82) is 0 Å². The molecule has 2 N–H and O–H groups in total. The summed E-state index contributed by atoms with van der Waals surface area (Å²) in [6, 6.07) is 6.46. The first kappa shape index (κ1) is 28.4. The highest BCUT2D eigenvalue weighted by molar-refractivity contribution is 9.10. The smallest absolute Gasteiger partial charge is 0.205 e. The first-order valence-electron chi connectivity index (χ1n) is 12.7. The molecule has 0 spiro atoms. The van der Waals surface area contributed by atoms with Crippen LogP contribution in [0.2, 0.25) is 26.2 Å². The van der Waals surface area contributed by atoms with Crippen LogP contribution in [0.15, 0.2) is 22.7 Å². The number of nitrogens with two attached hydrogens (primary N) is 1. The number of halogens is 1. The predicted molar refractivity (Wildman–Crippen MR) is 150 cm³/mol. The van der Waals surface area contributed by atoms with Gasteiger partial charge in [0.05, 0.1) is 23.4 Å². The maximum atomic E-state index is 7.40. The summed E-state index contributed by atoms with van der Waals surface area (Å²) in [5.41, 5.74) is 7.57. The summed E-state index contributed by atoms with van der Waals surface area (Å²) in [6.45, 7) is 22.8. The highest BCUT2D eigenvalue weighted by Crippen LogP contribution is 2.60. The minimum Gasteiger partial charge on any atom is -0.411 e. The van der Waals surface area contributed by atoms with Crippen molar-refractivity contribution in [3.05, 3.63) is 28.2 Å². The van der Waals surface area contributed by atoms with Gasteiger partial charge in [0.1, 0.15) is 0 Å². The van der Waals surface area contributed by atoms with E-state index in [1.54, 1.807) is 0 Å². The molecule has 1 aromatic rings. The van der Waals surface area contributed by atoms with Crippen LogP contribution < -0.4 is 5.73 Å². The monoisotopic (exact) mass is 567 g/mol. The lowest BCUT2D eigenvalue weighted by molar-refractivity contribution is -0.240. The Bertz CT molecular complexity index is 822.